The highest BCUT2D eigenvalue weighted by atomic mass is 31.3. The SMILES string of the molecule is CO[C@]1(COP(=O)([O-])OP(=O)([O-])OP(=O)([O-])O)O[C@@H](n2cnc3c(=O)[nH]c(N)nc32)[C@@H](N)[C@@H]1O. The van der Waals surface area contributed by atoms with Crippen molar-refractivity contribution in [2.24, 2.45) is 5.73 Å². The Hall–Kier alpha value is -1.60. The van der Waals surface area contributed by atoms with Gasteiger partial charge in [0.15, 0.2) is 17.4 Å². The second-order valence-electron chi connectivity index (χ2n) is 6.62. The van der Waals surface area contributed by atoms with E-state index in [1.165, 1.54) is 0 Å². The number of nitrogens with one attached hydrogen (secondary N) is 1. The molecule has 0 amide bonds. The Morgan fingerprint density at radius 2 is 1.94 bits per heavy atom. The Balaban J connectivity index is 1.83. The van der Waals surface area contributed by atoms with Gasteiger partial charge in [0.2, 0.25) is 11.7 Å². The zero-order valence-electron chi connectivity index (χ0n) is 16.6. The van der Waals surface area contributed by atoms with Crippen LogP contribution in [0.3, 0.4) is 0 Å². The molecule has 0 aliphatic carbocycles. The van der Waals surface area contributed by atoms with E-state index < -0.39 is 59.8 Å². The first-order valence-corrected chi connectivity index (χ1v) is 13.0. The lowest BCUT2D eigenvalue weighted by Crippen LogP contribution is -2.50. The van der Waals surface area contributed by atoms with Crippen LogP contribution in [0.5, 0.6) is 0 Å². The van der Waals surface area contributed by atoms with Crippen LogP contribution in [0, 0.1) is 0 Å². The number of hydrogen-bond acceptors (Lipinski definition) is 17. The highest BCUT2D eigenvalue weighted by Gasteiger charge is 2.56. The van der Waals surface area contributed by atoms with Crippen LogP contribution in [0.2, 0.25) is 0 Å². The summed E-state index contributed by atoms with van der Waals surface area (Å²) in [6.07, 6.45) is -2.16. The highest BCUT2D eigenvalue weighted by Crippen LogP contribution is 2.61. The third-order valence-electron chi connectivity index (χ3n) is 4.36. The minimum atomic E-state index is -6.15. The van der Waals surface area contributed by atoms with Crippen molar-refractivity contribution in [3.05, 3.63) is 16.7 Å². The van der Waals surface area contributed by atoms with Crippen molar-refractivity contribution in [3.8, 4) is 0 Å². The molecule has 7 atom stereocenters. The molecule has 0 bridgehead atoms. The molecule has 23 heteroatoms. The number of methoxy groups -OCH3 is 1. The van der Waals surface area contributed by atoms with E-state index in [1.807, 2.05) is 0 Å². The van der Waals surface area contributed by atoms with Crippen LogP contribution in [0.4, 0.5) is 5.95 Å². The number of nitrogens with zero attached hydrogens (tertiary/aromatic N) is 3. The van der Waals surface area contributed by atoms with Crippen molar-refractivity contribution in [2.75, 3.05) is 19.5 Å². The van der Waals surface area contributed by atoms with E-state index in [0.29, 0.717) is 0 Å². The number of aliphatic hydroxyl groups is 1. The zero-order chi connectivity index (χ0) is 25.7. The Bertz CT molecular complexity index is 1280. The summed E-state index contributed by atoms with van der Waals surface area (Å²) in [5.74, 6) is -2.65. The van der Waals surface area contributed by atoms with Crippen molar-refractivity contribution in [3.63, 3.8) is 0 Å². The van der Waals surface area contributed by atoms with E-state index in [4.69, 9.17) is 25.8 Å². The molecular formula is C11H16N6O14P3-3. The number of ether oxygens (including phenoxy) is 2. The van der Waals surface area contributed by atoms with Gasteiger partial charge < -0.3 is 50.1 Å². The van der Waals surface area contributed by atoms with Gasteiger partial charge in [0.1, 0.15) is 12.7 Å². The monoisotopic (exact) mass is 549 g/mol. The molecule has 0 aromatic carbocycles. The fraction of sp³-hybridized carbons (Fsp3) is 0.545. The summed E-state index contributed by atoms with van der Waals surface area (Å²) in [5, 5.41) is 10.6. The van der Waals surface area contributed by atoms with E-state index in [9.17, 15) is 38.3 Å². The first-order chi connectivity index (χ1) is 15.5. The lowest BCUT2D eigenvalue weighted by molar-refractivity contribution is -0.282. The van der Waals surface area contributed by atoms with Crippen LogP contribution < -0.4 is 31.7 Å². The van der Waals surface area contributed by atoms with Crippen molar-refractivity contribution in [1.82, 2.24) is 19.5 Å². The fourth-order valence-corrected chi connectivity index (χ4v) is 5.88. The molecule has 1 fully saturated rings. The summed E-state index contributed by atoms with van der Waals surface area (Å²) < 4.78 is 56.3. The maximum absolute atomic E-state index is 12.0. The minimum Gasteiger partial charge on any atom is -0.756 e. The summed E-state index contributed by atoms with van der Waals surface area (Å²) in [6, 6.07) is -1.38. The summed E-state index contributed by atoms with van der Waals surface area (Å²) >= 11 is 0. The van der Waals surface area contributed by atoms with E-state index in [-0.39, 0.29) is 17.1 Å². The number of aromatic nitrogens is 4. The maximum atomic E-state index is 12.0. The van der Waals surface area contributed by atoms with Gasteiger partial charge in [-0.25, -0.2) is 13.6 Å². The summed E-state index contributed by atoms with van der Waals surface area (Å²) in [4.78, 5) is 64.0. The van der Waals surface area contributed by atoms with Crippen LogP contribution in [-0.2, 0) is 36.3 Å². The van der Waals surface area contributed by atoms with E-state index in [1.54, 1.807) is 0 Å². The molecule has 2 aromatic rings. The zero-order valence-corrected chi connectivity index (χ0v) is 19.3. The first kappa shape index (κ1) is 27.0. The Kier molecular flexibility index (Phi) is 7.24. The predicted octanol–water partition coefficient (Wildman–Crippen LogP) is -4.29. The third-order valence-corrected chi connectivity index (χ3v) is 8.03. The molecule has 0 spiro atoms. The van der Waals surface area contributed by atoms with Crippen molar-refractivity contribution in [2.45, 2.75) is 24.2 Å². The highest BCUT2D eigenvalue weighted by molar-refractivity contribution is 7.65. The number of aliphatic hydroxyl groups excluding tert-OH is 1. The molecule has 7 N–H and O–H groups in total. The van der Waals surface area contributed by atoms with E-state index in [2.05, 4.69) is 28.1 Å². The van der Waals surface area contributed by atoms with Crippen LogP contribution in [-0.4, -0.2) is 61.2 Å². The Labute approximate surface area is 187 Å². The molecule has 3 rings (SSSR count). The molecule has 1 saturated heterocycles. The molecule has 3 heterocycles. The van der Waals surface area contributed by atoms with Gasteiger partial charge in [0.25, 0.3) is 29.0 Å². The first-order valence-electron chi connectivity index (χ1n) is 8.61. The van der Waals surface area contributed by atoms with Gasteiger partial charge in [0, 0.05) is 7.11 Å². The summed E-state index contributed by atoms with van der Waals surface area (Å²) in [5.41, 5.74) is 10.5. The van der Waals surface area contributed by atoms with Crippen LogP contribution in [0.15, 0.2) is 11.1 Å². The van der Waals surface area contributed by atoms with Crippen LogP contribution in [0.25, 0.3) is 11.2 Å². The van der Waals surface area contributed by atoms with Crippen molar-refractivity contribution in [1.29, 1.82) is 0 Å². The topological polar surface area (TPSA) is 323 Å². The number of imidazole rings is 1. The number of hydrogen-bond donors (Lipinski definition) is 5. The molecule has 0 saturated carbocycles. The van der Waals surface area contributed by atoms with Gasteiger partial charge in [-0.15, -0.1) is 0 Å². The molecule has 1 aliphatic heterocycles. The van der Waals surface area contributed by atoms with Gasteiger partial charge in [-0.2, -0.15) is 4.98 Å². The number of nitrogens with two attached hydrogens (primary N) is 2. The van der Waals surface area contributed by atoms with E-state index >= 15 is 0 Å². The molecule has 34 heavy (non-hydrogen) atoms. The number of fused-ring (bicyclic) bond motifs is 1. The smallest absolute Gasteiger partial charge is 0.280 e. The Morgan fingerprint density at radius 3 is 2.53 bits per heavy atom. The third kappa shape index (κ3) is 5.62. The fourth-order valence-electron chi connectivity index (χ4n) is 2.98. The second-order valence-corrected chi connectivity index (χ2v) is 10.9. The number of phosphoric acid groups is 3. The number of nitrogen functional groups attached to an aromatic ring is 1. The lowest BCUT2D eigenvalue weighted by Gasteiger charge is -2.35. The quantitative estimate of drug-likeness (QED) is 0.185. The molecule has 3 unspecified atom stereocenters. The average Bonchev–Trinajstić information content (AvgIpc) is 3.18. The molecule has 0 radical (unpaired) electrons. The van der Waals surface area contributed by atoms with Crippen molar-refractivity contribution < 1.29 is 61.0 Å². The van der Waals surface area contributed by atoms with Crippen LogP contribution in [0.1, 0.15) is 6.23 Å². The summed E-state index contributed by atoms with van der Waals surface area (Å²) in [7, 11) is -17.1. The Morgan fingerprint density at radius 1 is 1.29 bits per heavy atom. The van der Waals surface area contributed by atoms with E-state index in [0.717, 1.165) is 18.0 Å². The number of rotatable bonds is 9. The normalized spacial score (nSPS) is 30.6. The van der Waals surface area contributed by atoms with Gasteiger partial charge >= 0.3 is 0 Å². The maximum Gasteiger partial charge on any atom is 0.280 e. The number of anilines is 1. The lowest BCUT2D eigenvalue weighted by atomic mass is 10.1. The number of phosphoric ester groups is 1. The number of H-pyrrole nitrogens is 1. The predicted molar refractivity (Wildman–Crippen MR) is 99.6 cm³/mol. The van der Waals surface area contributed by atoms with Gasteiger partial charge in [-0.05, 0) is 0 Å². The minimum absolute atomic E-state index is 0.116. The largest absolute Gasteiger partial charge is 0.756 e. The second kappa shape index (κ2) is 9.12. The van der Waals surface area contributed by atoms with Gasteiger partial charge in [-0.3, -0.25) is 28.0 Å². The molecule has 192 valence electrons. The molecular weight excluding hydrogens is 533 g/mol. The van der Waals surface area contributed by atoms with Crippen molar-refractivity contribution >= 4 is 40.6 Å². The molecule has 2 aromatic heterocycles. The van der Waals surface area contributed by atoms with Gasteiger partial charge in [0.05, 0.1) is 12.4 Å². The summed E-state index contributed by atoms with van der Waals surface area (Å²) in [6.45, 7) is -1.27. The standard InChI is InChI=1S/C11H19N6O14P3/c1-27-11(2-28-33(23,24)31-34(25,26)30-32(20,21)22)6(18)4(12)9(29-11)17-3-14-5-7(17)15-10(13)16-8(5)19/h3-4,6,9,18H,2,12H2,1H3,(H,23,24)(H,25,26)(H2,20,21,22)(H3,13,15,16,19)/p-3/t4-,6-,9+,11+/m0/s1. The average molecular weight is 549 g/mol. The van der Waals surface area contributed by atoms with Gasteiger partial charge in [-0.1, -0.05) is 0 Å². The van der Waals surface area contributed by atoms with Crippen LogP contribution >= 0.6 is 23.5 Å². The molecule has 20 nitrogen and oxygen atoms in total. The molecule has 1 aliphatic rings. The number of aromatic amines is 1.